The van der Waals surface area contributed by atoms with Gasteiger partial charge < -0.3 is 24.4 Å². The first-order chi connectivity index (χ1) is 24.0. The number of esters is 2. The highest BCUT2D eigenvalue weighted by Gasteiger charge is 2.54. The molecule has 13 heteroatoms. The number of hydrogen-bond acceptors (Lipinski definition) is 9. The second-order valence-electron chi connectivity index (χ2n) is 13.9. The van der Waals surface area contributed by atoms with Crippen molar-refractivity contribution in [3.63, 3.8) is 0 Å². The van der Waals surface area contributed by atoms with E-state index >= 15 is 0 Å². The third kappa shape index (κ3) is 8.81. The minimum atomic E-state index is -1.20. The largest absolute Gasteiger partial charge is 0.451 e. The Labute approximate surface area is 297 Å². The van der Waals surface area contributed by atoms with Gasteiger partial charge in [-0.05, 0) is 102 Å². The van der Waals surface area contributed by atoms with E-state index in [-0.39, 0.29) is 11.3 Å². The molecule has 12 nitrogen and oxygen atoms in total. The number of aryl methyl sites for hydroxylation is 1. The van der Waals surface area contributed by atoms with E-state index in [0.29, 0.717) is 42.7 Å². The van der Waals surface area contributed by atoms with Crippen LogP contribution in [-0.4, -0.2) is 57.2 Å². The Hall–Kier alpha value is -5.07. The molecule has 1 aliphatic heterocycles. The van der Waals surface area contributed by atoms with Crippen molar-refractivity contribution in [2.24, 2.45) is 10.8 Å². The highest BCUT2D eigenvalue weighted by Crippen LogP contribution is 2.48. The van der Waals surface area contributed by atoms with Gasteiger partial charge in [-0.2, -0.15) is 5.10 Å². The molecule has 1 aromatic heterocycles. The molecule has 51 heavy (non-hydrogen) atoms. The molecule has 0 bridgehead atoms. The van der Waals surface area contributed by atoms with Crippen LogP contribution >= 0.6 is 0 Å². The van der Waals surface area contributed by atoms with Gasteiger partial charge in [-0.3, -0.25) is 24.0 Å². The molecule has 2 amide bonds. The van der Waals surface area contributed by atoms with Gasteiger partial charge in [0.25, 0.3) is 5.91 Å². The number of aromatic amines is 1. The lowest BCUT2D eigenvalue weighted by Gasteiger charge is -2.43. The first kappa shape index (κ1) is 38.7. The van der Waals surface area contributed by atoms with Crippen molar-refractivity contribution >= 4 is 23.8 Å². The van der Waals surface area contributed by atoms with Crippen molar-refractivity contribution in [2.45, 2.75) is 105 Å². The standard InChI is InChI=1S/C38H47FN4O8/c1-9-38(10-2,36(48)50-24(5)49-35(47)37(6,7)8)31-19-18-29(26-12-11-13-27(39)21-26)43(31)34(46)23(4)40-32(44)25-14-16-28(17-15-25)51-30-20-22(3)41-42-33(30)45/h11-17,20-21,23-24,29,31H,9-10,18-19H2,1-8H3,(H,40,44)(H,42,45)/t23-,24?,29+,31-/m1/s1. The second kappa shape index (κ2) is 15.9. The van der Waals surface area contributed by atoms with Crippen LogP contribution in [0.1, 0.15) is 102 Å². The van der Waals surface area contributed by atoms with Gasteiger partial charge in [0.1, 0.15) is 17.6 Å². The van der Waals surface area contributed by atoms with Gasteiger partial charge in [0, 0.05) is 24.6 Å². The Morgan fingerprint density at radius 1 is 0.980 bits per heavy atom. The first-order valence-corrected chi connectivity index (χ1v) is 17.2. The first-order valence-electron chi connectivity index (χ1n) is 17.2. The highest BCUT2D eigenvalue weighted by molar-refractivity contribution is 5.97. The third-order valence-electron chi connectivity index (χ3n) is 9.30. The number of carbonyl (C=O) groups is 4. The van der Waals surface area contributed by atoms with Crippen molar-refractivity contribution < 1.29 is 37.8 Å². The lowest BCUT2D eigenvalue weighted by atomic mass is 9.74. The van der Waals surface area contributed by atoms with Crippen LogP contribution in [0.25, 0.3) is 0 Å². The Kier molecular flexibility index (Phi) is 12.0. The number of H-pyrrole nitrogens is 1. The van der Waals surface area contributed by atoms with E-state index in [1.807, 2.05) is 13.8 Å². The molecule has 4 rings (SSSR count). The maximum Gasteiger partial charge on any atom is 0.317 e. The Morgan fingerprint density at radius 3 is 2.24 bits per heavy atom. The van der Waals surface area contributed by atoms with Crippen LogP contribution in [0.3, 0.4) is 0 Å². The summed E-state index contributed by atoms with van der Waals surface area (Å²) in [5.41, 5.74) is -1.16. The zero-order valence-corrected chi connectivity index (χ0v) is 30.4. The average molecular weight is 707 g/mol. The molecule has 2 aromatic carbocycles. The lowest BCUT2D eigenvalue weighted by Crippen LogP contribution is -2.56. The summed E-state index contributed by atoms with van der Waals surface area (Å²) in [5, 5.41) is 8.93. The Morgan fingerprint density at radius 2 is 1.63 bits per heavy atom. The Bertz CT molecular complexity index is 1800. The van der Waals surface area contributed by atoms with Crippen LogP contribution in [0.5, 0.6) is 11.5 Å². The molecule has 1 saturated heterocycles. The number of nitrogens with zero attached hydrogens (tertiary/aromatic N) is 2. The second-order valence-corrected chi connectivity index (χ2v) is 13.9. The van der Waals surface area contributed by atoms with Crippen molar-refractivity contribution in [2.75, 3.05) is 0 Å². The fourth-order valence-electron chi connectivity index (χ4n) is 6.39. The number of aromatic nitrogens is 2. The summed E-state index contributed by atoms with van der Waals surface area (Å²) in [5.74, 6) is -2.25. The van der Waals surface area contributed by atoms with Crippen LogP contribution < -0.4 is 15.6 Å². The number of benzene rings is 2. The van der Waals surface area contributed by atoms with Crippen LogP contribution in [0.2, 0.25) is 0 Å². The van der Waals surface area contributed by atoms with Crippen molar-refractivity contribution in [1.82, 2.24) is 20.4 Å². The monoisotopic (exact) mass is 706 g/mol. The molecule has 0 radical (unpaired) electrons. The van der Waals surface area contributed by atoms with Gasteiger partial charge in [-0.15, -0.1) is 0 Å². The Balaban J connectivity index is 1.58. The van der Waals surface area contributed by atoms with Gasteiger partial charge in [0.2, 0.25) is 12.2 Å². The molecule has 2 N–H and O–H groups in total. The van der Waals surface area contributed by atoms with Crippen LogP contribution in [0.15, 0.2) is 59.4 Å². The average Bonchev–Trinajstić information content (AvgIpc) is 3.52. The molecule has 1 unspecified atom stereocenters. The van der Waals surface area contributed by atoms with Gasteiger partial charge in [-0.25, -0.2) is 9.49 Å². The van der Waals surface area contributed by atoms with E-state index < -0.39 is 70.4 Å². The number of rotatable bonds is 12. The fourth-order valence-corrected chi connectivity index (χ4v) is 6.39. The summed E-state index contributed by atoms with van der Waals surface area (Å²) >= 11 is 0. The third-order valence-corrected chi connectivity index (χ3v) is 9.30. The van der Waals surface area contributed by atoms with E-state index in [2.05, 4.69) is 15.5 Å². The topological polar surface area (TPSA) is 157 Å². The summed E-state index contributed by atoms with van der Waals surface area (Å²) < 4.78 is 31.3. The van der Waals surface area contributed by atoms with Gasteiger partial charge in [0.15, 0.2) is 5.75 Å². The molecule has 0 spiro atoms. The molecule has 4 atom stereocenters. The van der Waals surface area contributed by atoms with Crippen LogP contribution in [0, 0.1) is 23.6 Å². The van der Waals surface area contributed by atoms with Crippen molar-refractivity contribution in [3.8, 4) is 11.5 Å². The summed E-state index contributed by atoms with van der Waals surface area (Å²) in [6.07, 6.45) is 0.267. The predicted octanol–water partition coefficient (Wildman–Crippen LogP) is 6.15. The van der Waals surface area contributed by atoms with E-state index in [1.165, 1.54) is 49.4 Å². The number of halogens is 1. The number of nitrogens with one attached hydrogen (secondary N) is 2. The SMILES string of the molecule is CCC(CC)(C(=O)OC(C)OC(=O)C(C)(C)C)[C@H]1CC[C@@H](c2cccc(F)c2)N1C(=O)[C@@H](C)NC(=O)c1ccc(Oc2cc(C)n[nH]c2=O)cc1. The summed E-state index contributed by atoms with van der Waals surface area (Å²) in [6, 6.07) is 11.2. The molecule has 0 saturated carbocycles. The van der Waals surface area contributed by atoms with Crippen molar-refractivity contribution in [3.05, 3.63) is 87.6 Å². The van der Waals surface area contributed by atoms with Crippen molar-refractivity contribution in [1.29, 1.82) is 0 Å². The molecular weight excluding hydrogens is 659 g/mol. The normalized spacial score (nSPS) is 17.3. The number of hydrogen-bond donors (Lipinski definition) is 2. The fraction of sp³-hybridized carbons (Fsp3) is 0.474. The molecule has 3 aromatic rings. The predicted molar refractivity (Wildman–Crippen MR) is 186 cm³/mol. The van der Waals surface area contributed by atoms with Crippen LogP contribution in [0.4, 0.5) is 4.39 Å². The smallest absolute Gasteiger partial charge is 0.317 e. The van der Waals surface area contributed by atoms with E-state index in [1.54, 1.807) is 51.7 Å². The zero-order chi connectivity index (χ0) is 37.7. The molecule has 1 fully saturated rings. The minimum absolute atomic E-state index is 0.0476. The van der Waals surface area contributed by atoms with Crippen LogP contribution in [-0.2, 0) is 23.9 Å². The summed E-state index contributed by atoms with van der Waals surface area (Å²) in [4.78, 5) is 67.9. The number of amides is 2. The number of carbonyl (C=O) groups excluding carboxylic acids is 4. The zero-order valence-electron chi connectivity index (χ0n) is 30.4. The maximum atomic E-state index is 14.5. The molecule has 2 heterocycles. The molecule has 1 aliphatic rings. The lowest BCUT2D eigenvalue weighted by molar-refractivity contribution is -0.200. The minimum Gasteiger partial charge on any atom is -0.451 e. The van der Waals surface area contributed by atoms with Gasteiger partial charge >= 0.3 is 17.5 Å². The van der Waals surface area contributed by atoms with E-state index in [4.69, 9.17) is 14.2 Å². The van der Waals surface area contributed by atoms with E-state index in [0.717, 1.165) is 0 Å². The highest BCUT2D eigenvalue weighted by atomic mass is 19.1. The van der Waals surface area contributed by atoms with E-state index in [9.17, 15) is 28.4 Å². The summed E-state index contributed by atoms with van der Waals surface area (Å²) in [7, 11) is 0. The summed E-state index contributed by atoms with van der Waals surface area (Å²) in [6.45, 7) is 13.5. The number of likely N-dealkylation sites (tertiary alicyclic amines) is 1. The molecule has 274 valence electrons. The van der Waals surface area contributed by atoms with Gasteiger partial charge in [0.05, 0.1) is 22.6 Å². The quantitative estimate of drug-likeness (QED) is 0.167. The molecule has 0 aliphatic carbocycles. The maximum absolute atomic E-state index is 14.5. The van der Waals surface area contributed by atoms with Gasteiger partial charge in [-0.1, -0.05) is 26.0 Å². The molecular formula is C38H47FN4O8. The number of ether oxygens (including phenoxy) is 3.